The molecule has 3 rings (SSSR count). The Morgan fingerprint density at radius 1 is 1.45 bits per heavy atom. The van der Waals surface area contributed by atoms with E-state index in [2.05, 4.69) is 17.0 Å². The number of aromatic nitrogens is 2. The fourth-order valence-electron chi connectivity index (χ4n) is 2.62. The number of nitrogens with zero attached hydrogens (tertiary/aromatic N) is 2. The van der Waals surface area contributed by atoms with E-state index < -0.39 is 0 Å². The van der Waals surface area contributed by atoms with E-state index in [0.29, 0.717) is 5.92 Å². The first-order valence-electron chi connectivity index (χ1n) is 7.10. The zero-order valence-electron chi connectivity index (χ0n) is 12.3. The first-order valence-corrected chi connectivity index (χ1v) is 7.10. The summed E-state index contributed by atoms with van der Waals surface area (Å²) in [6.45, 7) is 0.254. The van der Waals surface area contributed by atoms with Gasteiger partial charge in [0.2, 0.25) is 5.95 Å². The second kappa shape index (κ2) is 5.57. The molecule has 2 aromatic rings. The Hall–Kier alpha value is -2.74. The Labute approximate surface area is 128 Å². The molecule has 0 spiro atoms. The summed E-state index contributed by atoms with van der Waals surface area (Å²) < 4.78 is 6.79. The van der Waals surface area contributed by atoms with Crippen molar-refractivity contribution in [2.24, 2.45) is 7.05 Å². The first kappa shape index (κ1) is 14.2. The highest BCUT2D eigenvalue weighted by Crippen LogP contribution is 2.54. The van der Waals surface area contributed by atoms with Crippen molar-refractivity contribution in [1.29, 1.82) is 0 Å². The fourth-order valence-corrected chi connectivity index (χ4v) is 2.62. The Bertz CT molecular complexity index is 804. The van der Waals surface area contributed by atoms with E-state index in [-0.39, 0.29) is 24.0 Å². The summed E-state index contributed by atoms with van der Waals surface area (Å²) in [6, 6.07) is 9.44. The van der Waals surface area contributed by atoms with Gasteiger partial charge in [-0.25, -0.2) is 4.98 Å². The van der Waals surface area contributed by atoms with Crippen LogP contribution >= 0.6 is 0 Å². The molecule has 112 valence electrons. The number of hydrogen-bond acceptors (Lipinski definition) is 4. The number of hydrogen-bond donors (Lipinski definition) is 1. The van der Waals surface area contributed by atoms with Gasteiger partial charge in [0.05, 0.1) is 5.69 Å². The summed E-state index contributed by atoms with van der Waals surface area (Å²) in [4.78, 5) is 16.1. The third-order valence-corrected chi connectivity index (χ3v) is 3.97. The molecule has 0 radical (unpaired) electrons. The number of ether oxygens (including phenoxy) is 1. The molecule has 2 atom stereocenters. The molecule has 1 saturated carbocycles. The van der Waals surface area contributed by atoms with Gasteiger partial charge in [-0.1, -0.05) is 18.1 Å². The van der Waals surface area contributed by atoms with Crippen molar-refractivity contribution in [2.75, 3.05) is 12.3 Å². The Balaban J connectivity index is 1.80. The van der Waals surface area contributed by atoms with Crippen molar-refractivity contribution in [3.63, 3.8) is 0 Å². The lowest BCUT2D eigenvalue weighted by molar-refractivity contribution is 0.370. The van der Waals surface area contributed by atoms with E-state index in [9.17, 15) is 4.79 Å². The lowest BCUT2D eigenvalue weighted by atomic mass is 10.1. The molecule has 2 N–H and O–H groups in total. The van der Waals surface area contributed by atoms with Crippen molar-refractivity contribution in [3.05, 3.63) is 51.9 Å². The van der Waals surface area contributed by atoms with Gasteiger partial charge in [0, 0.05) is 19.0 Å². The third-order valence-electron chi connectivity index (χ3n) is 3.97. The highest BCUT2D eigenvalue weighted by Gasteiger charge is 2.41. The molecule has 0 unspecified atom stereocenters. The maximum atomic E-state index is 11.8. The summed E-state index contributed by atoms with van der Waals surface area (Å²) in [6.07, 6.45) is 6.15. The zero-order chi connectivity index (χ0) is 15.7. The summed E-state index contributed by atoms with van der Waals surface area (Å²) in [5.41, 5.74) is 7.57. The molecular formula is C17H17N3O2. The Morgan fingerprint density at radius 3 is 3.00 bits per heavy atom. The first-order chi connectivity index (χ1) is 10.6. The molecule has 1 fully saturated rings. The smallest absolute Gasteiger partial charge is 0.254 e. The number of anilines is 1. The van der Waals surface area contributed by atoms with Crippen LogP contribution in [0, 0.1) is 12.3 Å². The van der Waals surface area contributed by atoms with E-state index in [1.165, 1.54) is 10.1 Å². The highest BCUT2D eigenvalue weighted by molar-refractivity contribution is 5.39. The third kappa shape index (κ3) is 2.68. The molecule has 1 aliphatic carbocycles. The maximum Gasteiger partial charge on any atom is 0.254 e. The monoisotopic (exact) mass is 295 g/mol. The minimum Gasteiger partial charge on any atom is -0.481 e. The SMILES string of the molecule is C#CCOc1cccc([C@@H]2C[C@@H]2c2cc(=O)n(C)c(N)n2)c1. The molecule has 22 heavy (non-hydrogen) atoms. The van der Waals surface area contributed by atoms with Crippen LogP contribution in [0.3, 0.4) is 0 Å². The van der Waals surface area contributed by atoms with Crippen LogP contribution in [0.5, 0.6) is 5.75 Å². The number of benzene rings is 1. The van der Waals surface area contributed by atoms with Gasteiger partial charge < -0.3 is 10.5 Å². The van der Waals surface area contributed by atoms with Crippen LogP contribution in [0.25, 0.3) is 0 Å². The van der Waals surface area contributed by atoms with Crippen molar-refractivity contribution in [2.45, 2.75) is 18.3 Å². The molecule has 1 aliphatic rings. The summed E-state index contributed by atoms with van der Waals surface area (Å²) in [5, 5.41) is 0. The number of rotatable bonds is 4. The van der Waals surface area contributed by atoms with E-state index in [4.69, 9.17) is 16.9 Å². The summed E-state index contributed by atoms with van der Waals surface area (Å²) in [5.74, 6) is 4.04. The van der Waals surface area contributed by atoms with Gasteiger partial charge >= 0.3 is 0 Å². The van der Waals surface area contributed by atoms with Crippen molar-refractivity contribution >= 4 is 5.95 Å². The molecule has 1 heterocycles. The second-order valence-electron chi connectivity index (χ2n) is 5.45. The van der Waals surface area contributed by atoms with Gasteiger partial charge in [0.15, 0.2) is 0 Å². The van der Waals surface area contributed by atoms with Crippen LogP contribution in [0.2, 0.25) is 0 Å². The number of terminal acetylenes is 1. The predicted molar refractivity (Wildman–Crippen MR) is 84.8 cm³/mol. The van der Waals surface area contributed by atoms with Gasteiger partial charge in [-0.15, -0.1) is 6.42 Å². The van der Waals surface area contributed by atoms with Gasteiger partial charge in [-0.2, -0.15) is 0 Å². The second-order valence-corrected chi connectivity index (χ2v) is 5.45. The molecule has 0 bridgehead atoms. The lowest BCUT2D eigenvalue weighted by Crippen LogP contribution is -2.21. The Morgan fingerprint density at radius 2 is 2.27 bits per heavy atom. The normalized spacial score (nSPS) is 19.5. The van der Waals surface area contributed by atoms with Crippen LogP contribution in [0.15, 0.2) is 35.1 Å². The largest absolute Gasteiger partial charge is 0.481 e. The molecule has 0 amide bonds. The summed E-state index contributed by atoms with van der Waals surface area (Å²) >= 11 is 0. The van der Waals surface area contributed by atoms with E-state index in [1.54, 1.807) is 13.1 Å². The van der Waals surface area contributed by atoms with Gasteiger partial charge in [-0.3, -0.25) is 9.36 Å². The molecular weight excluding hydrogens is 278 g/mol. The van der Waals surface area contributed by atoms with Gasteiger partial charge in [0.25, 0.3) is 5.56 Å². The molecule has 0 aliphatic heterocycles. The fraction of sp³-hybridized carbons (Fsp3) is 0.294. The van der Waals surface area contributed by atoms with E-state index in [1.807, 2.05) is 18.2 Å². The minimum atomic E-state index is -0.126. The van der Waals surface area contributed by atoms with Crippen LogP contribution in [-0.2, 0) is 7.05 Å². The van der Waals surface area contributed by atoms with E-state index in [0.717, 1.165) is 17.9 Å². The van der Waals surface area contributed by atoms with Crippen molar-refractivity contribution in [3.8, 4) is 18.1 Å². The van der Waals surface area contributed by atoms with Gasteiger partial charge in [-0.05, 0) is 30.0 Å². The maximum absolute atomic E-state index is 11.8. The van der Waals surface area contributed by atoms with Crippen LogP contribution in [0.1, 0.15) is 29.5 Å². The topological polar surface area (TPSA) is 70.1 Å². The Kier molecular flexibility index (Phi) is 3.60. The predicted octanol–water partition coefficient (Wildman–Crippen LogP) is 1.65. The van der Waals surface area contributed by atoms with Crippen molar-refractivity contribution in [1.82, 2.24) is 9.55 Å². The average molecular weight is 295 g/mol. The average Bonchev–Trinajstić information content (AvgIpc) is 3.31. The standard InChI is InChI=1S/C17H17N3O2/c1-3-7-22-12-6-4-5-11(8-12)13-9-14(13)15-10-16(21)20(2)17(18)19-15/h1,4-6,8,10,13-14H,7,9H2,2H3,(H2,18,19)/t13-,14-/m0/s1. The molecule has 5 nitrogen and oxygen atoms in total. The number of nitrogen functional groups attached to an aromatic ring is 1. The quantitative estimate of drug-likeness (QED) is 0.871. The highest BCUT2D eigenvalue weighted by atomic mass is 16.5. The van der Waals surface area contributed by atoms with Crippen molar-refractivity contribution < 1.29 is 4.74 Å². The van der Waals surface area contributed by atoms with E-state index >= 15 is 0 Å². The minimum absolute atomic E-state index is 0.126. The zero-order valence-corrected chi connectivity index (χ0v) is 12.3. The number of nitrogens with two attached hydrogens (primary N) is 1. The molecule has 5 heteroatoms. The lowest BCUT2D eigenvalue weighted by Gasteiger charge is -2.07. The summed E-state index contributed by atoms with van der Waals surface area (Å²) in [7, 11) is 1.62. The van der Waals surface area contributed by atoms with Crippen LogP contribution in [0.4, 0.5) is 5.95 Å². The molecule has 1 aromatic carbocycles. The van der Waals surface area contributed by atoms with Crippen LogP contribution in [-0.4, -0.2) is 16.2 Å². The molecule has 1 aromatic heterocycles. The van der Waals surface area contributed by atoms with Gasteiger partial charge in [0.1, 0.15) is 12.4 Å². The van der Waals surface area contributed by atoms with Crippen LogP contribution < -0.4 is 16.0 Å². The molecule has 0 saturated heterocycles.